The van der Waals surface area contributed by atoms with E-state index >= 15 is 0 Å². The molecule has 0 spiro atoms. The maximum Gasteiger partial charge on any atom is 0.272 e. The number of fused-ring (bicyclic) bond motifs is 1. The van der Waals surface area contributed by atoms with Crippen molar-refractivity contribution >= 4 is 17.7 Å². The molecule has 0 saturated heterocycles. The van der Waals surface area contributed by atoms with Crippen LogP contribution in [-0.2, 0) is 17.8 Å². The number of nitrogens with one attached hydrogen (secondary N) is 2. The van der Waals surface area contributed by atoms with Crippen LogP contribution in [0, 0.1) is 6.92 Å². The summed E-state index contributed by atoms with van der Waals surface area (Å²) < 4.78 is 1.50. The molecule has 1 saturated carbocycles. The van der Waals surface area contributed by atoms with Crippen LogP contribution in [0.15, 0.2) is 30.3 Å². The molecule has 8 nitrogen and oxygen atoms in total. The van der Waals surface area contributed by atoms with Gasteiger partial charge in [0.25, 0.3) is 11.8 Å². The summed E-state index contributed by atoms with van der Waals surface area (Å²) in [6, 6.07) is 9.85. The second-order valence-electron chi connectivity index (χ2n) is 9.86. The molecule has 1 aromatic carbocycles. The van der Waals surface area contributed by atoms with Crippen molar-refractivity contribution in [2.45, 2.75) is 76.9 Å². The highest BCUT2D eigenvalue weighted by Crippen LogP contribution is 2.27. The Morgan fingerprint density at radius 2 is 1.79 bits per heavy atom. The molecule has 1 unspecified atom stereocenters. The van der Waals surface area contributed by atoms with Crippen molar-refractivity contribution in [3.63, 3.8) is 0 Å². The largest absolute Gasteiger partial charge is 0.351 e. The third-order valence-electron chi connectivity index (χ3n) is 7.23. The number of hydrogen-bond donors (Lipinski definition) is 2. The summed E-state index contributed by atoms with van der Waals surface area (Å²) in [4.78, 5) is 40.6. The second-order valence-corrected chi connectivity index (χ2v) is 9.86. The summed E-state index contributed by atoms with van der Waals surface area (Å²) >= 11 is 0. The van der Waals surface area contributed by atoms with E-state index < -0.39 is 5.54 Å². The molecule has 1 aliphatic carbocycles. The van der Waals surface area contributed by atoms with Gasteiger partial charge in [0.1, 0.15) is 11.2 Å². The van der Waals surface area contributed by atoms with E-state index in [1.807, 2.05) is 31.2 Å². The Morgan fingerprint density at radius 1 is 1.12 bits per heavy atom. The third kappa shape index (κ3) is 5.00. The zero-order valence-electron chi connectivity index (χ0n) is 20.4. The van der Waals surface area contributed by atoms with Gasteiger partial charge in [0.2, 0.25) is 5.91 Å². The predicted molar refractivity (Wildman–Crippen MR) is 130 cm³/mol. The smallest absolute Gasteiger partial charge is 0.272 e. The van der Waals surface area contributed by atoms with E-state index in [4.69, 9.17) is 0 Å². The molecule has 2 aliphatic rings. The molecule has 2 N–H and O–H groups in total. The molecule has 1 aromatic heterocycles. The molecule has 3 amide bonds. The molecule has 1 atom stereocenters. The van der Waals surface area contributed by atoms with Gasteiger partial charge >= 0.3 is 0 Å². The van der Waals surface area contributed by atoms with Crippen molar-refractivity contribution in [3.8, 4) is 0 Å². The zero-order valence-corrected chi connectivity index (χ0v) is 20.4. The summed E-state index contributed by atoms with van der Waals surface area (Å²) in [7, 11) is 1.65. The summed E-state index contributed by atoms with van der Waals surface area (Å²) in [5.74, 6) is -0.800. The Balaban J connectivity index is 1.42. The van der Waals surface area contributed by atoms with E-state index in [0.717, 1.165) is 31.2 Å². The lowest BCUT2D eigenvalue weighted by Gasteiger charge is -2.41. The molecule has 1 fully saturated rings. The van der Waals surface area contributed by atoms with Gasteiger partial charge < -0.3 is 15.5 Å². The quantitative estimate of drug-likeness (QED) is 0.641. The monoisotopic (exact) mass is 465 g/mol. The fraction of sp³-hybridized carbons (Fsp3) is 0.538. The van der Waals surface area contributed by atoms with Gasteiger partial charge in [-0.05, 0) is 38.7 Å². The highest BCUT2D eigenvalue weighted by Gasteiger charge is 2.46. The van der Waals surface area contributed by atoms with Crippen molar-refractivity contribution in [2.24, 2.45) is 0 Å². The molecule has 34 heavy (non-hydrogen) atoms. The van der Waals surface area contributed by atoms with E-state index in [0.29, 0.717) is 18.7 Å². The van der Waals surface area contributed by atoms with Crippen LogP contribution in [0.4, 0.5) is 0 Å². The first-order chi connectivity index (χ1) is 16.3. The number of carbonyl (C=O) groups is 3. The van der Waals surface area contributed by atoms with Crippen LogP contribution in [0.3, 0.4) is 0 Å². The number of benzene rings is 1. The second kappa shape index (κ2) is 9.99. The maximum atomic E-state index is 13.3. The Morgan fingerprint density at radius 3 is 2.47 bits per heavy atom. The molecular formula is C26H35N5O3. The number of carbonyl (C=O) groups excluding carboxylic acids is 3. The van der Waals surface area contributed by atoms with Gasteiger partial charge in [-0.2, -0.15) is 5.10 Å². The maximum absolute atomic E-state index is 13.3. The Bertz CT molecular complexity index is 1050. The van der Waals surface area contributed by atoms with Gasteiger partial charge in [0.15, 0.2) is 5.69 Å². The lowest BCUT2D eigenvalue weighted by atomic mass is 9.95. The predicted octanol–water partition coefficient (Wildman–Crippen LogP) is 2.85. The van der Waals surface area contributed by atoms with E-state index in [2.05, 4.69) is 15.7 Å². The number of nitrogens with zero attached hydrogens (tertiary/aromatic N) is 3. The summed E-state index contributed by atoms with van der Waals surface area (Å²) in [5, 5.41) is 10.4. The molecule has 2 heterocycles. The van der Waals surface area contributed by atoms with Crippen molar-refractivity contribution in [2.75, 3.05) is 13.6 Å². The van der Waals surface area contributed by atoms with E-state index in [1.165, 1.54) is 34.1 Å². The first-order valence-electron chi connectivity index (χ1n) is 12.3. The van der Waals surface area contributed by atoms with Crippen LogP contribution < -0.4 is 10.6 Å². The number of aryl methyl sites for hydroxylation is 1. The first-order valence-corrected chi connectivity index (χ1v) is 12.3. The fourth-order valence-corrected chi connectivity index (χ4v) is 4.77. The summed E-state index contributed by atoms with van der Waals surface area (Å²) in [6.45, 7) is 4.48. The standard InChI is InChI=1S/C26H35N5O3/c1-18-10-12-19(13-11-18)14-15-27-23(32)21-16-22-24(33)30(3)26(2,17-31(22)29-21)25(34)28-20-8-6-4-5-7-9-20/h10-13,16,20H,4-9,14-15,17H2,1-3H3,(H,27,32)(H,28,34). The van der Waals surface area contributed by atoms with Crippen LogP contribution in [0.2, 0.25) is 0 Å². The molecular weight excluding hydrogens is 430 g/mol. The molecule has 8 heteroatoms. The fourth-order valence-electron chi connectivity index (χ4n) is 4.77. The van der Waals surface area contributed by atoms with Crippen LogP contribution >= 0.6 is 0 Å². The van der Waals surface area contributed by atoms with Gasteiger partial charge in [0.05, 0.1) is 6.54 Å². The topological polar surface area (TPSA) is 96.3 Å². The van der Waals surface area contributed by atoms with E-state index in [1.54, 1.807) is 14.0 Å². The van der Waals surface area contributed by atoms with E-state index in [-0.39, 0.29) is 36.0 Å². The molecule has 0 bridgehead atoms. The number of rotatable bonds is 6. The minimum Gasteiger partial charge on any atom is -0.351 e. The summed E-state index contributed by atoms with van der Waals surface area (Å²) in [5.41, 5.74) is 1.78. The average Bonchev–Trinajstić information content (AvgIpc) is 3.07. The van der Waals surface area contributed by atoms with Gasteiger partial charge in [-0.25, -0.2) is 0 Å². The van der Waals surface area contributed by atoms with Crippen LogP contribution in [0.1, 0.15) is 77.6 Å². The van der Waals surface area contributed by atoms with Crippen molar-refractivity contribution < 1.29 is 14.4 Å². The molecule has 2 aromatic rings. The third-order valence-corrected chi connectivity index (χ3v) is 7.23. The lowest BCUT2D eigenvalue weighted by Crippen LogP contribution is -2.63. The minimum absolute atomic E-state index is 0.143. The molecule has 0 radical (unpaired) electrons. The minimum atomic E-state index is -1.07. The summed E-state index contributed by atoms with van der Waals surface area (Å²) in [6.07, 6.45) is 7.28. The zero-order chi connectivity index (χ0) is 24.3. The number of aromatic nitrogens is 2. The highest BCUT2D eigenvalue weighted by molar-refractivity contribution is 6.01. The van der Waals surface area contributed by atoms with Gasteiger partial charge in [-0.3, -0.25) is 19.1 Å². The normalized spacial score (nSPS) is 21.0. The molecule has 4 rings (SSSR count). The van der Waals surface area contributed by atoms with Crippen LogP contribution in [0.5, 0.6) is 0 Å². The van der Waals surface area contributed by atoms with Crippen LogP contribution in [-0.4, -0.2) is 57.6 Å². The highest BCUT2D eigenvalue weighted by atomic mass is 16.2. The van der Waals surface area contributed by atoms with E-state index in [9.17, 15) is 14.4 Å². The molecule has 182 valence electrons. The number of hydrogen-bond acceptors (Lipinski definition) is 4. The van der Waals surface area contributed by atoms with Crippen molar-refractivity contribution in [1.29, 1.82) is 0 Å². The lowest BCUT2D eigenvalue weighted by molar-refractivity contribution is -0.133. The average molecular weight is 466 g/mol. The Kier molecular flexibility index (Phi) is 7.05. The SMILES string of the molecule is Cc1ccc(CCNC(=O)c2cc3n(n2)CC(C)(C(=O)NC2CCCCCC2)N(C)C3=O)cc1. The Hall–Kier alpha value is -3.16. The van der Waals surface area contributed by atoms with Crippen LogP contribution in [0.25, 0.3) is 0 Å². The van der Waals surface area contributed by atoms with Gasteiger partial charge in [-0.15, -0.1) is 0 Å². The first kappa shape index (κ1) is 24.0. The van der Waals surface area contributed by atoms with Crippen molar-refractivity contribution in [1.82, 2.24) is 25.3 Å². The number of likely N-dealkylation sites (N-methyl/N-ethyl adjacent to an activating group) is 1. The van der Waals surface area contributed by atoms with Gasteiger partial charge in [0, 0.05) is 25.7 Å². The van der Waals surface area contributed by atoms with Gasteiger partial charge in [-0.1, -0.05) is 55.5 Å². The number of amides is 3. The van der Waals surface area contributed by atoms with Crippen molar-refractivity contribution in [3.05, 3.63) is 52.8 Å². The molecule has 1 aliphatic heterocycles. The Labute approximate surface area is 201 Å².